The Morgan fingerprint density at radius 2 is 1.94 bits per heavy atom. The van der Waals surface area contributed by atoms with Crippen LogP contribution in [0.25, 0.3) is 22.3 Å². The Hall–Kier alpha value is -4.65. The van der Waals surface area contributed by atoms with E-state index in [2.05, 4.69) is 38.9 Å². The predicted octanol–water partition coefficient (Wildman–Crippen LogP) is 5.27. The molecule has 256 valence electrons. The molecule has 13 heteroatoms. The molecule has 6 rings (SSSR count). The minimum absolute atomic E-state index is 0.172. The van der Waals surface area contributed by atoms with Gasteiger partial charge in [0.1, 0.15) is 5.60 Å². The average molecular weight is 659 g/mol. The quantitative estimate of drug-likeness (QED) is 0.313. The van der Waals surface area contributed by atoms with E-state index in [1.54, 1.807) is 35.0 Å². The normalized spacial score (nSPS) is 19.1. The molecule has 1 N–H and O–H groups in total. The van der Waals surface area contributed by atoms with E-state index < -0.39 is 5.60 Å². The van der Waals surface area contributed by atoms with Gasteiger partial charge in [-0.2, -0.15) is 5.10 Å². The first-order valence-electron chi connectivity index (χ1n) is 16.6. The summed E-state index contributed by atoms with van der Waals surface area (Å²) in [4.78, 5) is 40.4. The van der Waals surface area contributed by atoms with E-state index in [0.29, 0.717) is 68.2 Å². The number of imidazole rings is 1. The Kier molecular flexibility index (Phi) is 9.33. The van der Waals surface area contributed by atoms with Crippen molar-refractivity contribution in [1.29, 1.82) is 0 Å². The molecule has 0 aliphatic carbocycles. The number of aromatic nitrogens is 5. The smallest absolute Gasteiger partial charge is 0.410 e. The lowest BCUT2D eigenvalue weighted by Gasteiger charge is -2.42. The summed E-state index contributed by atoms with van der Waals surface area (Å²) < 4.78 is 21.2. The topological polar surface area (TPSA) is 129 Å². The standard InChI is InChI=1S/C35H46N8O5/c1-22-9-8-14-47-32-27(18-36-40(32)6)29-16-24(15-23(2)37-29)31(44)39-33-38-28-11-10-25(17-30(28)43(33)19-22)41-12-13-42(26(20-41)21-46-7)34(45)48-35(3,4)5/h10-11,15-18,22,26H,8-9,12-14,19-21H2,1-7H3,(H,38,39,44)/t22-,26+/m1/s1. The number of fused-ring (bicyclic) bond motifs is 7. The van der Waals surface area contributed by atoms with Gasteiger partial charge in [0, 0.05) is 57.3 Å². The number of carbonyl (C=O) groups is 2. The fourth-order valence-electron chi connectivity index (χ4n) is 6.46. The van der Waals surface area contributed by atoms with Crippen molar-refractivity contribution in [2.24, 2.45) is 13.0 Å². The Balaban J connectivity index is 1.32. The first-order valence-corrected chi connectivity index (χ1v) is 16.6. The summed E-state index contributed by atoms with van der Waals surface area (Å²) in [7, 11) is 3.49. The average Bonchev–Trinajstić information content (AvgIpc) is 3.56. The monoisotopic (exact) mass is 658 g/mol. The minimum atomic E-state index is -0.580. The van der Waals surface area contributed by atoms with E-state index >= 15 is 0 Å². The lowest BCUT2D eigenvalue weighted by Crippen LogP contribution is -2.57. The highest BCUT2D eigenvalue weighted by Crippen LogP contribution is 2.32. The van der Waals surface area contributed by atoms with Gasteiger partial charge in [0.15, 0.2) is 0 Å². The zero-order chi connectivity index (χ0) is 34.2. The van der Waals surface area contributed by atoms with Crippen molar-refractivity contribution in [1.82, 2.24) is 29.2 Å². The van der Waals surface area contributed by atoms with Crippen molar-refractivity contribution in [3.8, 4) is 17.1 Å². The van der Waals surface area contributed by atoms with Gasteiger partial charge in [-0.05, 0) is 76.8 Å². The summed E-state index contributed by atoms with van der Waals surface area (Å²) in [5, 5.41) is 7.51. The van der Waals surface area contributed by atoms with Crippen molar-refractivity contribution < 1.29 is 23.8 Å². The number of amides is 2. The molecule has 4 aromatic rings. The van der Waals surface area contributed by atoms with E-state index in [1.807, 2.05) is 40.8 Å². The molecule has 2 amide bonds. The fraction of sp³-hybridized carbons (Fsp3) is 0.514. The van der Waals surface area contributed by atoms with Crippen LogP contribution in [0.4, 0.5) is 16.4 Å². The number of pyridine rings is 1. The Morgan fingerprint density at radius 3 is 2.71 bits per heavy atom. The maximum atomic E-state index is 13.8. The molecule has 13 nitrogen and oxygen atoms in total. The summed E-state index contributed by atoms with van der Waals surface area (Å²) in [5.74, 6) is 1.13. The maximum absolute atomic E-state index is 13.8. The molecule has 2 atom stereocenters. The molecule has 2 aliphatic rings. The number of methoxy groups -OCH3 is 1. The van der Waals surface area contributed by atoms with Crippen LogP contribution in [0.5, 0.6) is 5.88 Å². The SMILES string of the molecule is COC[C@@H]1CN(c2ccc3nc4n(c3c2)C[C@H](C)CCCOc2c(cnn2C)-c2cc(cc(C)n2)C(=O)N4)CCN1C(=O)OC(C)(C)C. The van der Waals surface area contributed by atoms with Crippen molar-refractivity contribution in [2.75, 3.05) is 50.2 Å². The lowest BCUT2D eigenvalue weighted by molar-refractivity contribution is 0.00343. The van der Waals surface area contributed by atoms with Gasteiger partial charge >= 0.3 is 6.09 Å². The molecule has 3 aromatic heterocycles. The number of ether oxygens (including phenoxy) is 3. The molecule has 0 spiro atoms. The molecule has 1 saturated heterocycles. The van der Waals surface area contributed by atoms with Crippen LogP contribution in [0.15, 0.2) is 36.5 Å². The number of piperazine rings is 1. The molecule has 0 unspecified atom stereocenters. The molecule has 2 aliphatic heterocycles. The van der Waals surface area contributed by atoms with Gasteiger partial charge < -0.3 is 23.7 Å². The second-order valence-electron chi connectivity index (χ2n) is 13.9. The Labute approximate surface area is 281 Å². The number of carbonyl (C=O) groups excluding carboxylic acids is 2. The van der Waals surface area contributed by atoms with Crippen molar-refractivity contribution in [3.63, 3.8) is 0 Å². The van der Waals surface area contributed by atoms with Gasteiger partial charge in [-0.3, -0.25) is 20.0 Å². The van der Waals surface area contributed by atoms with E-state index in [-0.39, 0.29) is 24.0 Å². The molecule has 1 fully saturated rings. The van der Waals surface area contributed by atoms with Crippen LogP contribution >= 0.6 is 0 Å². The van der Waals surface area contributed by atoms with Crippen LogP contribution in [0.3, 0.4) is 0 Å². The molecular formula is C35H46N8O5. The number of hydrogen-bond donors (Lipinski definition) is 1. The highest BCUT2D eigenvalue weighted by Gasteiger charge is 2.34. The third kappa shape index (κ3) is 7.10. The van der Waals surface area contributed by atoms with Crippen LogP contribution in [0.1, 0.15) is 56.6 Å². The number of benzene rings is 1. The summed E-state index contributed by atoms with van der Waals surface area (Å²) in [6, 6.07) is 9.55. The molecule has 5 heterocycles. The highest BCUT2D eigenvalue weighted by molar-refractivity contribution is 6.05. The lowest BCUT2D eigenvalue weighted by atomic mass is 10.1. The summed E-state index contributed by atoms with van der Waals surface area (Å²) in [6.07, 6.45) is 3.16. The first-order chi connectivity index (χ1) is 22.9. The van der Waals surface area contributed by atoms with Gasteiger partial charge in [0.05, 0.1) is 47.7 Å². The van der Waals surface area contributed by atoms with Crippen molar-refractivity contribution in [3.05, 3.63) is 47.8 Å². The molecule has 48 heavy (non-hydrogen) atoms. The van der Waals surface area contributed by atoms with Crippen molar-refractivity contribution in [2.45, 2.75) is 65.6 Å². The summed E-state index contributed by atoms with van der Waals surface area (Å²) in [5.41, 5.74) is 4.71. The summed E-state index contributed by atoms with van der Waals surface area (Å²) in [6.45, 7) is 13.0. The second-order valence-corrected chi connectivity index (χ2v) is 13.9. The Morgan fingerprint density at radius 1 is 1.12 bits per heavy atom. The van der Waals surface area contributed by atoms with Gasteiger partial charge in [-0.1, -0.05) is 6.92 Å². The van der Waals surface area contributed by atoms with Crippen LogP contribution in [0, 0.1) is 12.8 Å². The minimum Gasteiger partial charge on any atom is -0.477 e. The Bertz CT molecular complexity index is 1810. The zero-order valence-electron chi connectivity index (χ0n) is 28.9. The number of aryl methyl sites for hydroxylation is 2. The second kappa shape index (κ2) is 13.5. The number of rotatable bonds is 3. The maximum Gasteiger partial charge on any atom is 0.410 e. The first kappa shape index (κ1) is 33.3. The predicted molar refractivity (Wildman–Crippen MR) is 184 cm³/mol. The van der Waals surface area contributed by atoms with Gasteiger partial charge in [0.25, 0.3) is 5.91 Å². The van der Waals surface area contributed by atoms with Crippen LogP contribution in [0.2, 0.25) is 0 Å². The molecule has 0 saturated carbocycles. The van der Waals surface area contributed by atoms with E-state index in [4.69, 9.17) is 24.2 Å². The largest absolute Gasteiger partial charge is 0.477 e. The van der Waals surface area contributed by atoms with Crippen LogP contribution in [-0.4, -0.2) is 92.8 Å². The van der Waals surface area contributed by atoms with Crippen molar-refractivity contribution >= 4 is 34.7 Å². The van der Waals surface area contributed by atoms with Gasteiger partial charge in [-0.15, -0.1) is 0 Å². The number of nitrogens with one attached hydrogen (secondary N) is 1. The van der Waals surface area contributed by atoms with Gasteiger partial charge in [-0.25, -0.2) is 14.5 Å². The molecule has 1 aromatic carbocycles. The molecular weight excluding hydrogens is 612 g/mol. The molecule has 2 bridgehead atoms. The zero-order valence-corrected chi connectivity index (χ0v) is 28.9. The number of nitrogens with zero attached hydrogens (tertiary/aromatic N) is 7. The fourth-order valence-corrected chi connectivity index (χ4v) is 6.46. The third-order valence-electron chi connectivity index (χ3n) is 8.74. The highest BCUT2D eigenvalue weighted by atomic mass is 16.6. The van der Waals surface area contributed by atoms with Crippen LogP contribution in [-0.2, 0) is 23.1 Å². The van der Waals surface area contributed by atoms with Gasteiger partial charge in [0.2, 0.25) is 11.8 Å². The van der Waals surface area contributed by atoms with E-state index in [1.165, 1.54) is 0 Å². The molecule has 0 radical (unpaired) electrons. The summed E-state index contributed by atoms with van der Waals surface area (Å²) >= 11 is 0. The number of anilines is 2. The van der Waals surface area contributed by atoms with E-state index in [0.717, 1.165) is 35.1 Å². The third-order valence-corrected chi connectivity index (χ3v) is 8.74. The van der Waals surface area contributed by atoms with Crippen LogP contribution < -0.4 is 15.0 Å². The number of hydrogen-bond acceptors (Lipinski definition) is 9. The van der Waals surface area contributed by atoms with E-state index in [9.17, 15) is 9.59 Å².